The SMILES string of the molecule is CC(=O)Oc1cc(O)c2c3c1O[C@H]1[C@@H](N(C)C(=O)C#Cc4ccc(C(F)(F)F)cc4)CC[C@H]4[C@@H](C2)N(CC2CC2)CC[C@@]341. The van der Waals surface area contributed by atoms with Crippen molar-refractivity contribution in [1.29, 1.82) is 0 Å². The summed E-state index contributed by atoms with van der Waals surface area (Å²) in [6, 6.07) is 5.79. The van der Waals surface area contributed by atoms with E-state index >= 15 is 0 Å². The number of nitrogens with zero attached hydrogens (tertiary/aromatic N) is 2. The fourth-order valence-electron chi connectivity index (χ4n) is 8.24. The zero-order valence-electron chi connectivity index (χ0n) is 24.0. The molecule has 7 rings (SSSR count). The summed E-state index contributed by atoms with van der Waals surface area (Å²) in [5.41, 5.74) is 0.836. The maximum absolute atomic E-state index is 13.4. The summed E-state index contributed by atoms with van der Waals surface area (Å²) in [5.74, 6) is 6.11. The molecule has 226 valence electrons. The van der Waals surface area contributed by atoms with Crippen LogP contribution in [0.15, 0.2) is 30.3 Å². The third-order valence-electron chi connectivity index (χ3n) is 10.3. The van der Waals surface area contributed by atoms with Crippen LogP contribution in [0.2, 0.25) is 0 Å². The lowest BCUT2D eigenvalue weighted by molar-refractivity contribution is -0.137. The van der Waals surface area contributed by atoms with E-state index in [0.717, 1.165) is 55.1 Å². The van der Waals surface area contributed by atoms with Crippen molar-refractivity contribution in [3.8, 4) is 29.1 Å². The quantitative estimate of drug-likeness (QED) is 0.315. The number of hydrogen-bond donors (Lipinski definition) is 1. The Morgan fingerprint density at radius 2 is 1.93 bits per heavy atom. The number of benzene rings is 2. The molecule has 1 saturated heterocycles. The van der Waals surface area contributed by atoms with Crippen LogP contribution >= 0.6 is 0 Å². The Morgan fingerprint density at radius 1 is 1.19 bits per heavy atom. The van der Waals surface area contributed by atoms with Gasteiger partial charge in [0.1, 0.15) is 11.9 Å². The number of amides is 1. The summed E-state index contributed by atoms with van der Waals surface area (Å²) in [6.07, 6.45) is 0.674. The van der Waals surface area contributed by atoms with Gasteiger partial charge in [0, 0.05) is 60.7 Å². The topological polar surface area (TPSA) is 79.3 Å². The van der Waals surface area contributed by atoms with Gasteiger partial charge in [0.15, 0.2) is 11.5 Å². The van der Waals surface area contributed by atoms with Gasteiger partial charge < -0.3 is 19.5 Å². The van der Waals surface area contributed by atoms with Crippen LogP contribution in [0.25, 0.3) is 0 Å². The first-order valence-corrected chi connectivity index (χ1v) is 14.9. The Bertz CT molecular complexity index is 1560. The highest BCUT2D eigenvalue weighted by molar-refractivity contribution is 5.94. The lowest BCUT2D eigenvalue weighted by Gasteiger charge is -2.60. The lowest BCUT2D eigenvalue weighted by atomic mass is 9.50. The van der Waals surface area contributed by atoms with E-state index in [4.69, 9.17) is 9.47 Å². The Kier molecular flexibility index (Phi) is 6.47. The van der Waals surface area contributed by atoms with Crippen molar-refractivity contribution in [2.24, 2.45) is 11.8 Å². The molecule has 5 aliphatic rings. The van der Waals surface area contributed by atoms with E-state index in [0.29, 0.717) is 24.2 Å². The van der Waals surface area contributed by atoms with Gasteiger partial charge in [-0.15, -0.1) is 0 Å². The molecule has 1 N–H and O–H groups in total. The number of likely N-dealkylation sites (tertiary alicyclic amines) is 1. The summed E-state index contributed by atoms with van der Waals surface area (Å²) in [7, 11) is 1.69. The maximum Gasteiger partial charge on any atom is 0.416 e. The summed E-state index contributed by atoms with van der Waals surface area (Å²) in [6.45, 7) is 3.25. The number of alkyl halides is 3. The second-order valence-corrected chi connectivity index (χ2v) is 12.7. The summed E-state index contributed by atoms with van der Waals surface area (Å²) in [5, 5.41) is 11.2. The summed E-state index contributed by atoms with van der Waals surface area (Å²) in [4.78, 5) is 29.6. The molecule has 2 bridgehead atoms. The van der Waals surface area contributed by atoms with Crippen LogP contribution in [-0.4, -0.2) is 65.1 Å². The van der Waals surface area contributed by atoms with Crippen molar-refractivity contribution in [3.63, 3.8) is 0 Å². The predicted molar refractivity (Wildman–Crippen MR) is 150 cm³/mol. The van der Waals surface area contributed by atoms with E-state index in [1.165, 1.54) is 38.0 Å². The molecule has 2 aliphatic heterocycles. The molecule has 5 atom stereocenters. The summed E-state index contributed by atoms with van der Waals surface area (Å²) >= 11 is 0. The van der Waals surface area contributed by atoms with Crippen LogP contribution in [0.3, 0.4) is 0 Å². The summed E-state index contributed by atoms with van der Waals surface area (Å²) < 4.78 is 51.1. The molecule has 0 radical (unpaired) electrons. The van der Waals surface area contributed by atoms with Gasteiger partial charge in [-0.05, 0) is 81.2 Å². The molecule has 2 aromatic carbocycles. The zero-order chi connectivity index (χ0) is 30.3. The molecule has 3 fully saturated rings. The molecule has 0 unspecified atom stereocenters. The van der Waals surface area contributed by atoms with Gasteiger partial charge >= 0.3 is 12.1 Å². The minimum absolute atomic E-state index is 0.101. The first-order chi connectivity index (χ1) is 20.5. The van der Waals surface area contributed by atoms with E-state index < -0.39 is 35.1 Å². The molecule has 1 spiro atoms. The number of carbonyl (C=O) groups is 2. The van der Waals surface area contributed by atoms with Crippen LogP contribution in [0.4, 0.5) is 13.2 Å². The maximum atomic E-state index is 13.4. The molecule has 2 saturated carbocycles. The lowest BCUT2D eigenvalue weighted by Crippen LogP contribution is -2.69. The average Bonchev–Trinajstić information content (AvgIpc) is 3.71. The predicted octanol–water partition coefficient (Wildman–Crippen LogP) is 4.66. The normalized spacial score (nSPS) is 28.7. The smallest absolute Gasteiger partial charge is 0.416 e. The van der Waals surface area contributed by atoms with Gasteiger partial charge in [-0.1, -0.05) is 5.92 Å². The second-order valence-electron chi connectivity index (χ2n) is 12.7. The number of likely N-dealkylation sites (N-methyl/N-ethyl adjacent to an activating group) is 1. The van der Waals surface area contributed by atoms with Crippen LogP contribution in [0.1, 0.15) is 61.3 Å². The molecule has 2 heterocycles. The van der Waals surface area contributed by atoms with E-state index in [-0.39, 0.29) is 29.5 Å². The molecule has 2 aromatic rings. The minimum atomic E-state index is -4.45. The number of ether oxygens (including phenoxy) is 2. The van der Waals surface area contributed by atoms with Crippen molar-refractivity contribution in [1.82, 2.24) is 9.80 Å². The number of aromatic hydroxyl groups is 1. The van der Waals surface area contributed by atoms with Gasteiger partial charge in [-0.25, -0.2) is 0 Å². The van der Waals surface area contributed by atoms with Crippen molar-refractivity contribution in [3.05, 3.63) is 52.6 Å². The standard InChI is InChI=1S/C33H33F3N2O5/c1-18(39)42-27-16-26(40)22-15-25-23-10-11-24(37(2)28(41)12-7-19-5-8-21(9-6-19)33(34,35)36)31-32(23,29(22)30(27)43-31)13-14-38(25)17-20-3-4-20/h5-6,8-9,16,20,23-25,31,40H,3-4,10-11,13-15,17H2,1-2H3/t23-,24-,25+,31-,32-/m0/s1. The van der Waals surface area contributed by atoms with Crippen molar-refractivity contribution in [2.45, 2.75) is 75.2 Å². The van der Waals surface area contributed by atoms with Gasteiger partial charge in [0.05, 0.1) is 11.6 Å². The highest BCUT2D eigenvalue weighted by Gasteiger charge is 2.67. The zero-order valence-corrected chi connectivity index (χ0v) is 24.0. The average molecular weight is 595 g/mol. The number of hydrogen-bond acceptors (Lipinski definition) is 6. The molecular weight excluding hydrogens is 561 g/mol. The number of rotatable bonds is 4. The molecule has 1 amide bonds. The first kappa shape index (κ1) is 28.1. The third-order valence-corrected chi connectivity index (χ3v) is 10.3. The Morgan fingerprint density at radius 3 is 2.60 bits per heavy atom. The largest absolute Gasteiger partial charge is 0.508 e. The van der Waals surface area contributed by atoms with Gasteiger partial charge in [-0.2, -0.15) is 13.2 Å². The van der Waals surface area contributed by atoms with E-state index in [1.807, 2.05) is 0 Å². The molecule has 0 aromatic heterocycles. The fourth-order valence-corrected chi connectivity index (χ4v) is 8.24. The Balaban J connectivity index is 1.22. The van der Waals surface area contributed by atoms with Crippen LogP contribution in [0.5, 0.6) is 17.2 Å². The number of piperidine rings is 1. The van der Waals surface area contributed by atoms with Gasteiger partial charge in [-0.3, -0.25) is 14.5 Å². The minimum Gasteiger partial charge on any atom is -0.508 e. The molecule has 3 aliphatic carbocycles. The number of carbonyl (C=O) groups excluding carboxylic acids is 2. The van der Waals surface area contributed by atoms with Gasteiger partial charge in [0.2, 0.25) is 0 Å². The molecule has 10 heteroatoms. The fraction of sp³-hybridized carbons (Fsp3) is 0.515. The second kappa shape index (κ2) is 9.91. The van der Waals surface area contributed by atoms with E-state index in [1.54, 1.807) is 11.9 Å². The molecule has 43 heavy (non-hydrogen) atoms. The number of phenolic OH excluding ortho intramolecular Hbond substituents is 1. The first-order valence-electron chi connectivity index (χ1n) is 14.9. The van der Waals surface area contributed by atoms with Crippen LogP contribution in [-0.2, 0) is 27.6 Å². The van der Waals surface area contributed by atoms with E-state index in [9.17, 15) is 27.9 Å². The highest BCUT2D eigenvalue weighted by Crippen LogP contribution is 2.65. The van der Waals surface area contributed by atoms with Crippen molar-refractivity contribution in [2.75, 3.05) is 20.1 Å². The van der Waals surface area contributed by atoms with E-state index in [2.05, 4.69) is 16.7 Å². The van der Waals surface area contributed by atoms with Crippen molar-refractivity contribution >= 4 is 11.9 Å². The number of halogens is 3. The highest BCUT2D eigenvalue weighted by atomic mass is 19.4. The van der Waals surface area contributed by atoms with Gasteiger partial charge in [0.25, 0.3) is 5.91 Å². The Labute approximate surface area is 247 Å². The van der Waals surface area contributed by atoms with Crippen molar-refractivity contribution < 1.29 is 37.3 Å². The van der Waals surface area contributed by atoms with Crippen LogP contribution < -0.4 is 9.47 Å². The molecular formula is C33H33F3N2O5. The van der Waals surface area contributed by atoms with Crippen LogP contribution in [0, 0.1) is 23.7 Å². The number of phenols is 1. The monoisotopic (exact) mass is 594 g/mol. The Hall–Kier alpha value is -3.71. The number of esters is 1. The third kappa shape index (κ3) is 4.55. The molecule has 7 nitrogen and oxygen atoms in total.